The number of aliphatic hydroxyl groups excluding tert-OH is 1. The predicted octanol–water partition coefficient (Wildman–Crippen LogP) is 0.119. The maximum Gasteiger partial charge on any atom is 0.167 e. The van der Waals surface area contributed by atoms with Crippen molar-refractivity contribution < 1.29 is 14.6 Å². The standard InChI is InChI=1S/C9H12O3/c1-9(2)8(11)6-7(12-9)4-3-5-10/h7,10H,5-6H2,1-2H3. The molecule has 1 aliphatic heterocycles. The van der Waals surface area contributed by atoms with Gasteiger partial charge in [-0.15, -0.1) is 0 Å². The Hall–Kier alpha value is -0.850. The lowest BCUT2D eigenvalue weighted by atomic mass is 10.0. The Balaban J connectivity index is 2.61. The van der Waals surface area contributed by atoms with E-state index < -0.39 is 5.60 Å². The van der Waals surface area contributed by atoms with Gasteiger partial charge in [-0.1, -0.05) is 11.8 Å². The molecule has 0 bridgehead atoms. The molecule has 1 saturated heterocycles. The monoisotopic (exact) mass is 168 g/mol. The number of rotatable bonds is 0. The zero-order chi connectivity index (χ0) is 9.19. The van der Waals surface area contributed by atoms with Crippen LogP contribution in [0.4, 0.5) is 0 Å². The smallest absolute Gasteiger partial charge is 0.167 e. The highest BCUT2D eigenvalue weighted by Gasteiger charge is 2.39. The van der Waals surface area contributed by atoms with E-state index in [1.54, 1.807) is 13.8 Å². The molecule has 1 unspecified atom stereocenters. The lowest BCUT2D eigenvalue weighted by Gasteiger charge is -2.14. The van der Waals surface area contributed by atoms with Crippen LogP contribution in [-0.2, 0) is 9.53 Å². The first kappa shape index (κ1) is 9.24. The molecular formula is C9H12O3. The van der Waals surface area contributed by atoms with Crippen LogP contribution in [0.15, 0.2) is 0 Å². The van der Waals surface area contributed by atoms with Crippen molar-refractivity contribution in [1.29, 1.82) is 0 Å². The third kappa shape index (κ3) is 1.84. The molecule has 1 atom stereocenters. The fourth-order valence-electron chi connectivity index (χ4n) is 1.12. The van der Waals surface area contributed by atoms with Crippen molar-refractivity contribution in [3.8, 4) is 11.8 Å². The quantitative estimate of drug-likeness (QED) is 0.522. The third-order valence-corrected chi connectivity index (χ3v) is 1.82. The minimum atomic E-state index is -0.700. The summed E-state index contributed by atoms with van der Waals surface area (Å²) < 4.78 is 5.33. The van der Waals surface area contributed by atoms with Crippen LogP contribution in [0.25, 0.3) is 0 Å². The molecule has 1 N–H and O–H groups in total. The van der Waals surface area contributed by atoms with Gasteiger partial charge in [-0.25, -0.2) is 0 Å². The number of hydrogen-bond donors (Lipinski definition) is 1. The van der Waals surface area contributed by atoms with Crippen molar-refractivity contribution in [2.75, 3.05) is 6.61 Å². The van der Waals surface area contributed by atoms with E-state index in [2.05, 4.69) is 11.8 Å². The molecule has 0 amide bonds. The molecule has 0 aromatic heterocycles. The molecule has 3 nitrogen and oxygen atoms in total. The summed E-state index contributed by atoms with van der Waals surface area (Å²) >= 11 is 0. The molecular weight excluding hydrogens is 156 g/mol. The van der Waals surface area contributed by atoms with E-state index in [1.165, 1.54) is 0 Å². The van der Waals surface area contributed by atoms with Crippen LogP contribution in [0.2, 0.25) is 0 Å². The van der Waals surface area contributed by atoms with Crippen LogP contribution in [0.1, 0.15) is 20.3 Å². The molecule has 0 aromatic rings. The van der Waals surface area contributed by atoms with Crippen molar-refractivity contribution in [1.82, 2.24) is 0 Å². The van der Waals surface area contributed by atoms with E-state index in [4.69, 9.17) is 9.84 Å². The van der Waals surface area contributed by atoms with Gasteiger partial charge in [0, 0.05) is 6.42 Å². The summed E-state index contributed by atoms with van der Waals surface area (Å²) in [4.78, 5) is 11.2. The van der Waals surface area contributed by atoms with E-state index in [0.29, 0.717) is 6.42 Å². The Morgan fingerprint density at radius 2 is 2.42 bits per heavy atom. The van der Waals surface area contributed by atoms with Crippen LogP contribution < -0.4 is 0 Å². The molecule has 66 valence electrons. The second-order valence-corrected chi connectivity index (χ2v) is 3.22. The first-order valence-electron chi connectivity index (χ1n) is 3.86. The summed E-state index contributed by atoms with van der Waals surface area (Å²) in [5.74, 6) is 5.22. The molecule has 1 heterocycles. The SMILES string of the molecule is CC1(C)OC(C#CCO)CC1=O. The summed E-state index contributed by atoms with van der Waals surface area (Å²) in [6.07, 6.45) is -0.000324. The molecule has 0 radical (unpaired) electrons. The number of carbonyl (C=O) groups is 1. The summed E-state index contributed by atoms with van der Waals surface area (Å²) in [5, 5.41) is 8.41. The first-order chi connectivity index (χ1) is 5.56. The lowest BCUT2D eigenvalue weighted by molar-refractivity contribution is -0.129. The molecule has 0 aliphatic carbocycles. The van der Waals surface area contributed by atoms with Crippen LogP contribution in [0.3, 0.4) is 0 Å². The molecule has 0 aromatic carbocycles. The first-order valence-corrected chi connectivity index (χ1v) is 3.86. The normalized spacial score (nSPS) is 26.6. The molecule has 1 rings (SSSR count). The van der Waals surface area contributed by atoms with Crippen molar-refractivity contribution in [2.45, 2.75) is 32.0 Å². The fourth-order valence-corrected chi connectivity index (χ4v) is 1.12. The number of ether oxygens (including phenoxy) is 1. The van der Waals surface area contributed by atoms with E-state index >= 15 is 0 Å². The van der Waals surface area contributed by atoms with Gasteiger partial charge in [-0.2, -0.15) is 0 Å². The maximum atomic E-state index is 11.2. The van der Waals surface area contributed by atoms with Crippen molar-refractivity contribution in [2.24, 2.45) is 0 Å². The fraction of sp³-hybridized carbons (Fsp3) is 0.667. The van der Waals surface area contributed by atoms with E-state index in [0.717, 1.165) is 0 Å². The highest BCUT2D eigenvalue weighted by molar-refractivity contribution is 5.89. The Morgan fingerprint density at radius 1 is 1.75 bits per heavy atom. The minimum absolute atomic E-state index is 0.0692. The Labute approximate surface area is 71.7 Å². The van der Waals surface area contributed by atoms with Crippen molar-refractivity contribution in [3.05, 3.63) is 0 Å². The average Bonchev–Trinajstić information content (AvgIpc) is 2.22. The van der Waals surface area contributed by atoms with Gasteiger partial charge in [0.05, 0.1) is 0 Å². The van der Waals surface area contributed by atoms with Gasteiger partial charge in [0.1, 0.15) is 18.3 Å². The van der Waals surface area contributed by atoms with E-state index in [1.807, 2.05) is 0 Å². The van der Waals surface area contributed by atoms with Gasteiger partial charge in [-0.3, -0.25) is 4.79 Å². The number of aliphatic hydroxyl groups is 1. The Kier molecular flexibility index (Phi) is 2.51. The highest BCUT2D eigenvalue weighted by atomic mass is 16.5. The second kappa shape index (κ2) is 3.26. The molecule has 0 spiro atoms. The molecule has 0 saturated carbocycles. The van der Waals surface area contributed by atoms with Gasteiger partial charge in [0.25, 0.3) is 0 Å². The van der Waals surface area contributed by atoms with E-state index in [9.17, 15) is 4.79 Å². The summed E-state index contributed by atoms with van der Waals surface area (Å²) in [6.45, 7) is 3.28. The molecule has 1 aliphatic rings. The summed E-state index contributed by atoms with van der Waals surface area (Å²) in [6, 6.07) is 0. The zero-order valence-corrected chi connectivity index (χ0v) is 7.26. The van der Waals surface area contributed by atoms with Crippen LogP contribution in [0, 0.1) is 11.8 Å². The molecule has 1 fully saturated rings. The number of ketones is 1. The van der Waals surface area contributed by atoms with Crippen molar-refractivity contribution >= 4 is 5.78 Å². The number of carbonyl (C=O) groups excluding carboxylic acids is 1. The average molecular weight is 168 g/mol. The van der Waals surface area contributed by atoms with Gasteiger partial charge >= 0.3 is 0 Å². The van der Waals surface area contributed by atoms with Gasteiger partial charge in [0.15, 0.2) is 5.78 Å². The Morgan fingerprint density at radius 3 is 2.83 bits per heavy atom. The largest absolute Gasteiger partial charge is 0.384 e. The predicted molar refractivity (Wildman–Crippen MR) is 43.4 cm³/mol. The highest BCUT2D eigenvalue weighted by Crippen LogP contribution is 2.25. The third-order valence-electron chi connectivity index (χ3n) is 1.82. The molecule has 12 heavy (non-hydrogen) atoms. The second-order valence-electron chi connectivity index (χ2n) is 3.22. The summed E-state index contributed by atoms with van der Waals surface area (Å²) in [5.41, 5.74) is -0.700. The van der Waals surface area contributed by atoms with Crippen LogP contribution >= 0.6 is 0 Å². The van der Waals surface area contributed by atoms with Gasteiger partial charge < -0.3 is 9.84 Å². The summed E-state index contributed by atoms with van der Waals surface area (Å²) in [7, 11) is 0. The van der Waals surface area contributed by atoms with Crippen LogP contribution in [0.5, 0.6) is 0 Å². The lowest BCUT2D eigenvalue weighted by Crippen LogP contribution is -2.27. The molecule has 3 heteroatoms. The van der Waals surface area contributed by atoms with Gasteiger partial charge in [-0.05, 0) is 13.8 Å². The minimum Gasteiger partial charge on any atom is -0.384 e. The van der Waals surface area contributed by atoms with E-state index in [-0.39, 0.29) is 18.5 Å². The zero-order valence-electron chi connectivity index (χ0n) is 7.26. The Bertz CT molecular complexity index is 244. The number of Topliss-reactive ketones (excluding diaryl/α,β-unsaturated/α-hetero) is 1. The maximum absolute atomic E-state index is 11.2. The topological polar surface area (TPSA) is 46.5 Å². The van der Waals surface area contributed by atoms with Gasteiger partial charge in [0.2, 0.25) is 0 Å². The van der Waals surface area contributed by atoms with Crippen molar-refractivity contribution in [3.63, 3.8) is 0 Å². The number of hydrogen-bond acceptors (Lipinski definition) is 3. The van der Waals surface area contributed by atoms with Crippen LogP contribution in [-0.4, -0.2) is 29.2 Å².